The first kappa shape index (κ1) is 13.2. The Morgan fingerprint density at radius 2 is 2.00 bits per heavy atom. The van der Waals surface area contributed by atoms with Gasteiger partial charge in [0.15, 0.2) is 5.79 Å². The highest BCUT2D eigenvalue weighted by Crippen LogP contribution is 2.33. The minimum atomic E-state index is -0.928. The summed E-state index contributed by atoms with van der Waals surface area (Å²) in [6, 6.07) is 0. The Labute approximate surface area is 95.9 Å². The summed E-state index contributed by atoms with van der Waals surface area (Å²) < 4.78 is 10.7. The van der Waals surface area contributed by atoms with Gasteiger partial charge in [-0.25, -0.2) is 5.06 Å². The van der Waals surface area contributed by atoms with E-state index in [0.29, 0.717) is 12.0 Å². The number of carbonyl (C=O) groups excluding carboxylic acids is 1. The average molecular weight is 229 g/mol. The van der Waals surface area contributed by atoms with Crippen molar-refractivity contribution in [1.82, 2.24) is 5.06 Å². The van der Waals surface area contributed by atoms with Crippen LogP contribution in [0.4, 0.5) is 0 Å². The number of nitrogens with zero attached hydrogens (tertiary/aromatic N) is 1. The predicted octanol–water partition coefficient (Wildman–Crippen LogP) is 1.11. The van der Waals surface area contributed by atoms with E-state index in [2.05, 4.69) is 0 Å². The van der Waals surface area contributed by atoms with E-state index in [4.69, 9.17) is 14.3 Å². The number of hydroxylamine groups is 2. The summed E-state index contributed by atoms with van der Waals surface area (Å²) in [6.45, 7) is 0. The Bertz CT molecular complexity index is 284. The Hall–Kier alpha value is -0.910. The molecule has 0 spiro atoms. The van der Waals surface area contributed by atoms with Gasteiger partial charge >= 0.3 is 0 Å². The lowest BCUT2D eigenvalue weighted by molar-refractivity contribution is -0.200. The van der Waals surface area contributed by atoms with Crippen molar-refractivity contribution in [3.05, 3.63) is 11.6 Å². The molecule has 0 saturated carbocycles. The molecule has 1 aliphatic rings. The van der Waals surface area contributed by atoms with Gasteiger partial charge in [-0.2, -0.15) is 0 Å². The second-order valence-corrected chi connectivity index (χ2v) is 3.66. The number of ether oxygens (including phenoxy) is 2. The van der Waals surface area contributed by atoms with Gasteiger partial charge in [-0.15, -0.1) is 0 Å². The van der Waals surface area contributed by atoms with Crippen molar-refractivity contribution in [2.75, 3.05) is 28.4 Å². The maximum absolute atomic E-state index is 12.0. The zero-order valence-electron chi connectivity index (χ0n) is 10.3. The van der Waals surface area contributed by atoms with Gasteiger partial charge < -0.3 is 9.47 Å². The average Bonchev–Trinajstić information content (AvgIpc) is 2.36. The lowest BCUT2D eigenvalue weighted by Gasteiger charge is -2.36. The third-order valence-electron chi connectivity index (χ3n) is 2.92. The number of allylic oxidation sites excluding steroid dienone is 1. The molecule has 0 aromatic carbocycles. The summed E-state index contributed by atoms with van der Waals surface area (Å²) in [5.74, 6) is -1.16. The molecular formula is C11H19NO4. The van der Waals surface area contributed by atoms with E-state index >= 15 is 0 Å². The standard InChI is InChI=1S/C11H19NO4/c1-12(16-4)10(13)9-7-5-6-8-11(9,14-2)15-3/h7H,5-6,8H2,1-4H3. The molecule has 0 atom stereocenters. The molecule has 0 saturated heterocycles. The summed E-state index contributed by atoms with van der Waals surface area (Å²) in [5, 5.41) is 1.17. The van der Waals surface area contributed by atoms with Crippen molar-refractivity contribution in [3.8, 4) is 0 Å². The first-order chi connectivity index (χ1) is 7.61. The van der Waals surface area contributed by atoms with Gasteiger partial charge in [0.25, 0.3) is 5.91 Å². The number of likely N-dealkylation sites (N-methyl/N-ethyl adjacent to an activating group) is 1. The minimum Gasteiger partial charge on any atom is -0.349 e. The smallest absolute Gasteiger partial charge is 0.278 e. The third-order valence-corrected chi connectivity index (χ3v) is 2.92. The first-order valence-corrected chi connectivity index (χ1v) is 5.24. The van der Waals surface area contributed by atoms with Crippen LogP contribution in [0, 0.1) is 0 Å². The fourth-order valence-electron chi connectivity index (χ4n) is 1.88. The molecule has 0 bridgehead atoms. The van der Waals surface area contributed by atoms with Crippen LogP contribution in [-0.2, 0) is 19.1 Å². The Morgan fingerprint density at radius 3 is 2.50 bits per heavy atom. The highest BCUT2D eigenvalue weighted by Gasteiger charge is 2.41. The van der Waals surface area contributed by atoms with Gasteiger partial charge in [0.2, 0.25) is 0 Å². The Balaban J connectivity index is 2.98. The molecule has 92 valence electrons. The third kappa shape index (κ3) is 2.26. The van der Waals surface area contributed by atoms with Gasteiger partial charge in [-0.3, -0.25) is 9.63 Å². The van der Waals surface area contributed by atoms with Crippen LogP contribution < -0.4 is 0 Å². The van der Waals surface area contributed by atoms with E-state index in [1.54, 1.807) is 21.3 Å². The van der Waals surface area contributed by atoms with Crippen LogP contribution in [0.1, 0.15) is 19.3 Å². The van der Waals surface area contributed by atoms with E-state index in [1.165, 1.54) is 12.2 Å². The number of amides is 1. The second kappa shape index (κ2) is 5.43. The van der Waals surface area contributed by atoms with Crippen molar-refractivity contribution in [2.45, 2.75) is 25.0 Å². The zero-order valence-corrected chi connectivity index (χ0v) is 10.3. The van der Waals surface area contributed by atoms with E-state index in [-0.39, 0.29) is 5.91 Å². The van der Waals surface area contributed by atoms with Crippen LogP contribution in [0.25, 0.3) is 0 Å². The van der Waals surface area contributed by atoms with Gasteiger partial charge in [0.1, 0.15) is 0 Å². The first-order valence-electron chi connectivity index (χ1n) is 5.24. The summed E-state index contributed by atoms with van der Waals surface area (Å²) >= 11 is 0. The highest BCUT2D eigenvalue weighted by atomic mass is 16.7. The van der Waals surface area contributed by atoms with Crippen LogP contribution in [-0.4, -0.2) is 45.1 Å². The van der Waals surface area contributed by atoms with Gasteiger partial charge in [-0.1, -0.05) is 6.08 Å². The van der Waals surface area contributed by atoms with E-state index in [0.717, 1.165) is 12.8 Å². The quantitative estimate of drug-likeness (QED) is 0.535. The summed E-state index contributed by atoms with van der Waals surface area (Å²) in [4.78, 5) is 16.9. The molecule has 0 N–H and O–H groups in total. The zero-order chi connectivity index (χ0) is 12.2. The maximum atomic E-state index is 12.0. The minimum absolute atomic E-state index is 0.231. The topological polar surface area (TPSA) is 48.0 Å². The molecule has 1 rings (SSSR count). The van der Waals surface area contributed by atoms with Crippen molar-refractivity contribution in [1.29, 1.82) is 0 Å². The van der Waals surface area contributed by atoms with Crippen LogP contribution in [0.3, 0.4) is 0 Å². The highest BCUT2D eigenvalue weighted by molar-refractivity contribution is 5.94. The van der Waals surface area contributed by atoms with E-state index in [9.17, 15) is 4.79 Å². The largest absolute Gasteiger partial charge is 0.349 e. The van der Waals surface area contributed by atoms with Crippen LogP contribution in [0.2, 0.25) is 0 Å². The van der Waals surface area contributed by atoms with Crippen molar-refractivity contribution < 1.29 is 19.1 Å². The molecule has 0 unspecified atom stereocenters. The molecule has 1 amide bonds. The molecule has 0 radical (unpaired) electrons. The summed E-state index contributed by atoms with van der Waals surface area (Å²) in [6.07, 6.45) is 4.33. The van der Waals surface area contributed by atoms with Crippen molar-refractivity contribution in [3.63, 3.8) is 0 Å². The number of hydrogen-bond donors (Lipinski definition) is 0. The Kier molecular flexibility index (Phi) is 4.46. The monoisotopic (exact) mass is 229 g/mol. The number of rotatable bonds is 4. The molecule has 0 aromatic rings. The molecule has 5 heteroatoms. The molecule has 0 fully saturated rings. The van der Waals surface area contributed by atoms with E-state index < -0.39 is 5.79 Å². The molecular weight excluding hydrogens is 210 g/mol. The van der Waals surface area contributed by atoms with Crippen LogP contribution in [0.15, 0.2) is 11.6 Å². The predicted molar refractivity (Wildman–Crippen MR) is 58.5 cm³/mol. The van der Waals surface area contributed by atoms with Gasteiger partial charge in [0, 0.05) is 27.7 Å². The second-order valence-electron chi connectivity index (χ2n) is 3.66. The van der Waals surface area contributed by atoms with Crippen LogP contribution in [0.5, 0.6) is 0 Å². The Morgan fingerprint density at radius 1 is 1.38 bits per heavy atom. The molecule has 0 aromatic heterocycles. The number of carbonyl (C=O) groups is 1. The van der Waals surface area contributed by atoms with E-state index in [1.807, 2.05) is 6.08 Å². The van der Waals surface area contributed by atoms with Gasteiger partial charge in [-0.05, 0) is 12.8 Å². The molecule has 16 heavy (non-hydrogen) atoms. The SMILES string of the molecule is CON(C)C(=O)C1=CCCCC1(OC)OC. The summed E-state index contributed by atoms with van der Waals surface area (Å²) in [7, 11) is 6.10. The van der Waals surface area contributed by atoms with Crippen molar-refractivity contribution >= 4 is 5.91 Å². The van der Waals surface area contributed by atoms with Crippen LogP contribution >= 0.6 is 0 Å². The molecule has 5 nitrogen and oxygen atoms in total. The van der Waals surface area contributed by atoms with Crippen molar-refractivity contribution in [2.24, 2.45) is 0 Å². The molecule has 1 aliphatic carbocycles. The molecule has 0 heterocycles. The lowest BCUT2D eigenvalue weighted by atomic mass is 9.92. The maximum Gasteiger partial charge on any atom is 0.278 e. The lowest BCUT2D eigenvalue weighted by Crippen LogP contribution is -2.44. The fraction of sp³-hybridized carbons (Fsp3) is 0.727. The normalized spacial score (nSPS) is 19.1. The van der Waals surface area contributed by atoms with Gasteiger partial charge in [0.05, 0.1) is 12.7 Å². The number of methoxy groups -OCH3 is 2. The number of hydrogen-bond acceptors (Lipinski definition) is 4. The molecule has 0 aliphatic heterocycles. The summed E-state index contributed by atoms with van der Waals surface area (Å²) in [5.41, 5.74) is 0.508. The fourth-order valence-corrected chi connectivity index (χ4v) is 1.88.